The fourth-order valence-electron chi connectivity index (χ4n) is 1.66. The molecule has 0 aliphatic carbocycles. The summed E-state index contributed by atoms with van der Waals surface area (Å²) < 4.78 is 22.0. The van der Waals surface area contributed by atoms with E-state index in [1.165, 1.54) is 23.9 Å². The van der Waals surface area contributed by atoms with Gasteiger partial charge in [0.1, 0.15) is 16.7 Å². The van der Waals surface area contributed by atoms with Gasteiger partial charge in [-0.15, -0.1) is 11.8 Å². The minimum Gasteiger partial charge on any atom is -0.768 e. The van der Waals surface area contributed by atoms with Crippen LogP contribution in [0.2, 0.25) is 0 Å². The summed E-state index contributed by atoms with van der Waals surface area (Å²) in [5, 5.41) is 9.58. The molecule has 0 radical (unpaired) electrons. The highest BCUT2D eigenvalue weighted by atomic mass is 32.2. The molecule has 0 saturated carbocycles. The molecular weight excluding hydrogens is 310 g/mol. The van der Waals surface area contributed by atoms with Crippen molar-refractivity contribution in [3.63, 3.8) is 0 Å². The quantitative estimate of drug-likeness (QED) is 0.283. The van der Waals surface area contributed by atoms with Gasteiger partial charge in [-0.25, -0.2) is 15.8 Å². The highest BCUT2D eigenvalue weighted by molar-refractivity contribution is 7.98. The maximum atomic E-state index is 11.0. The number of hydrogen-bond acceptors (Lipinski definition) is 8. The predicted molar refractivity (Wildman–Crippen MR) is 79.0 cm³/mol. The van der Waals surface area contributed by atoms with Gasteiger partial charge in [0, 0.05) is 10.5 Å². The van der Waals surface area contributed by atoms with Crippen LogP contribution < -0.4 is 11.3 Å². The van der Waals surface area contributed by atoms with Crippen molar-refractivity contribution in [3.8, 4) is 17.5 Å². The summed E-state index contributed by atoms with van der Waals surface area (Å²) in [5.74, 6) is 5.86. The van der Waals surface area contributed by atoms with Gasteiger partial charge in [0.15, 0.2) is 11.6 Å². The van der Waals surface area contributed by atoms with E-state index < -0.39 is 11.1 Å². The first-order valence-corrected chi connectivity index (χ1v) is 7.93. The number of nitrogens with one attached hydrogen (secondary N) is 1. The lowest BCUT2D eigenvalue weighted by molar-refractivity contribution is 0.537. The number of hydrazine groups is 1. The van der Waals surface area contributed by atoms with Crippen LogP contribution in [0.15, 0.2) is 34.2 Å². The molecule has 0 aliphatic rings. The van der Waals surface area contributed by atoms with Gasteiger partial charge in [0.05, 0.1) is 0 Å². The van der Waals surface area contributed by atoms with E-state index in [1.54, 1.807) is 18.4 Å². The smallest absolute Gasteiger partial charge is 0.163 e. The van der Waals surface area contributed by atoms with Crippen LogP contribution >= 0.6 is 11.8 Å². The number of rotatable bonds is 4. The lowest BCUT2D eigenvalue weighted by atomic mass is 10.2. The zero-order valence-electron chi connectivity index (χ0n) is 10.9. The molecule has 0 fully saturated rings. The van der Waals surface area contributed by atoms with Gasteiger partial charge in [-0.3, -0.25) is 4.21 Å². The van der Waals surface area contributed by atoms with Gasteiger partial charge >= 0.3 is 0 Å². The van der Waals surface area contributed by atoms with E-state index in [4.69, 9.17) is 11.1 Å². The van der Waals surface area contributed by atoms with Crippen molar-refractivity contribution in [2.24, 2.45) is 5.84 Å². The average Bonchev–Trinajstić information content (AvgIpc) is 2.53. The van der Waals surface area contributed by atoms with E-state index >= 15 is 0 Å². The summed E-state index contributed by atoms with van der Waals surface area (Å²) in [4.78, 5) is 8.56. The summed E-state index contributed by atoms with van der Waals surface area (Å²) in [6.07, 6.45) is 1.77. The van der Waals surface area contributed by atoms with Crippen molar-refractivity contribution in [2.75, 3.05) is 11.7 Å². The average molecular weight is 320 g/mol. The van der Waals surface area contributed by atoms with Crippen LogP contribution in [0.3, 0.4) is 0 Å². The normalized spacial score (nSPS) is 11.7. The molecule has 0 bridgehead atoms. The van der Waals surface area contributed by atoms with Gasteiger partial charge in [-0.1, -0.05) is 12.1 Å². The highest BCUT2D eigenvalue weighted by Gasteiger charge is 2.14. The van der Waals surface area contributed by atoms with Crippen molar-refractivity contribution in [1.82, 2.24) is 9.97 Å². The number of anilines is 1. The van der Waals surface area contributed by atoms with Crippen molar-refractivity contribution >= 4 is 28.7 Å². The third kappa shape index (κ3) is 3.20. The number of nitrogens with zero attached hydrogens (tertiary/aromatic N) is 3. The largest absolute Gasteiger partial charge is 0.768 e. The zero-order chi connectivity index (χ0) is 15.4. The summed E-state index contributed by atoms with van der Waals surface area (Å²) in [6.45, 7) is 0. The Morgan fingerprint density at radius 2 is 2.24 bits per heavy atom. The van der Waals surface area contributed by atoms with Crippen LogP contribution in [-0.4, -0.2) is 25.0 Å². The van der Waals surface area contributed by atoms with E-state index in [9.17, 15) is 8.76 Å². The van der Waals surface area contributed by atoms with Crippen molar-refractivity contribution < 1.29 is 8.76 Å². The Morgan fingerprint density at radius 3 is 2.81 bits per heavy atom. The third-order valence-corrected chi connectivity index (χ3v) is 3.92. The molecule has 1 heterocycles. The zero-order valence-corrected chi connectivity index (χ0v) is 12.5. The van der Waals surface area contributed by atoms with Crippen molar-refractivity contribution in [1.29, 1.82) is 5.26 Å². The Morgan fingerprint density at radius 1 is 1.48 bits per heavy atom. The molecule has 3 N–H and O–H groups in total. The number of nitrogen functional groups attached to an aromatic ring is 1. The molecular formula is C12H10N5O2S2-. The Bertz CT molecular complexity index is 720. The van der Waals surface area contributed by atoms with E-state index in [0.29, 0.717) is 16.4 Å². The topological polar surface area (TPSA) is 128 Å². The predicted octanol–water partition coefficient (Wildman–Crippen LogP) is 1.26. The molecule has 2 aromatic rings. The first-order valence-electron chi connectivity index (χ1n) is 5.63. The second kappa shape index (κ2) is 6.64. The first-order chi connectivity index (χ1) is 10.1. The highest BCUT2D eigenvalue weighted by Crippen LogP contribution is 2.27. The molecule has 1 atom stereocenters. The molecule has 1 unspecified atom stereocenters. The molecule has 108 valence electrons. The Kier molecular flexibility index (Phi) is 4.87. The monoisotopic (exact) mass is 320 g/mol. The van der Waals surface area contributed by atoms with Gasteiger partial charge in [0.2, 0.25) is 0 Å². The maximum absolute atomic E-state index is 11.0. The van der Waals surface area contributed by atoms with Gasteiger partial charge in [-0.05, 0) is 29.5 Å². The maximum Gasteiger partial charge on any atom is 0.163 e. The Balaban J connectivity index is 2.62. The number of hydrogen-bond donors (Lipinski definition) is 2. The van der Waals surface area contributed by atoms with Gasteiger partial charge < -0.3 is 9.98 Å². The second-order valence-electron chi connectivity index (χ2n) is 3.80. The number of nitrogens with two attached hydrogens (primary N) is 1. The Hall–Kier alpha value is -1.99. The molecule has 21 heavy (non-hydrogen) atoms. The third-order valence-electron chi connectivity index (χ3n) is 2.60. The van der Waals surface area contributed by atoms with Crippen LogP contribution in [0.5, 0.6) is 0 Å². The summed E-state index contributed by atoms with van der Waals surface area (Å²) >= 11 is -1.06. The molecule has 0 spiro atoms. The first kappa shape index (κ1) is 15.4. The van der Waals surface area contributed by atoms with Gasteiger partial charge in [-0.2, -0.15) is 5.26 Å². The van der Waals surface area contributed by atoms with Crippen molar-refractivity contribution in [2.45, 2.75) is 9.92 Å². The SMILES string of the molecule is CSc1nc(-c2cccc(S(=O)[O-])c2)nc(NN)c1C#N. The van der Waals surface area contributed by atoms with Crippen LogP contribution in [-0.2, 0) is 11.1 Å². The molecule has 1 aromatic carbocycles. The lowest BCUT2D eigenvalue weighted by Crippen LogP contribution is -2.12. The summed E-state index contributed by atoms with van der Waals surface area (Å²) in [5.41, 5.74) is 3.13. The number of aromatic nitrogens is 2. The molecule has 1 aromatic heterocycles. The van der Waals surface area contributed by atoms with Gasteiger partial charge in [0.25, 0.3) is 0 Å². The molecule has 0 amide bonds. The van der Waals surface area contributed by atoms with E-state index in [2.05, 4.69) is 15.4 Å². The van der Waals surface area contributed by atoms with Crippen LogP contribution in [0.25, 0.3) is 11.4 Å². The van der Waals surface area contributed by atoms with E-state index in [0.717, 1.165) is 0 Å². The van der Waals surface area contributed by atoms with Crippen LogP contribution in [0.4, 0.5) is 5.82 Å². The minimum absolute atomic E-state index is 0.133. The van der Waals surface area contributed by atoms with Crippen molar-refractivity contribution in [3.05, 3.63) is 29.8 Å². The number of nitriles is 1. The standard InChI is InChI=1S/C12H11N5O2S2/c1-20-12-9(6-13)11(17-14)15-10(16-12)7-3-2-4-8(5-7)21(18)19/h2-5H,14H2,1H3,(H,18,19)(H,15,16,17)/p-1. The summed E-state index contributed by atoms with van der Waals surface area (Å²) in [7, 11) is 0. The Labute approximate surface area is 127 Å². The van der Waals surface area contributed by atoms with E-state index in [-0.39, 0.29) is 16.3 Å². The number of benzene rings is 1. The molecule has 9 heteroatoms. The lowest BCUT2D eigenvalue weighted by Gasteiger charge is -2.10. The second-order valence-corrected chi connectivity index (χ2v) is 5.53. The molecule has 0 aliphatic heterocycles. The minimum atomic E-state index is -2.34. The van der Waals surface area contributed by atoms with E-state index in [1.807, 2.05) is 6.07 Å². The molecule has 0 saturated heterocycles. The van der Waals surface area contributed by atoms with Crippen LogP contribution in [0, 0.1) is 11.3 Å². The van der Waals surface area contributed by atoms with Crippen LogP contribution in [0.1, 0.15) is 5.56 Å². The molecule has 2 rings (SSSR count). The summed E-state index contributed by atoms with van der Waals surface area (Å²) in [6, 6.07) is 8.18. The fraction of sp³-hybridized carbons (Fsp3) is 0.0833. The number of thioether (sulfide) groups is 1. The molecule has 7 nitrogen and oxygen atoms in total. The fourth-order valence-corrected chi connectivity index (χ4v) is 2.60.